The van der Waals surface area contributed by atoms with Gasteiger partial charge in [-0.05, 0) is 56.4 Å². The fourth-order valence-corrected chi connectivity index (χ4v) is 3.39. The van der Waals surface area contributed by atoms with Crippen LogP contribution in [0.5, 0.6) is 0 Å². The lowest BCUT2D eigenvalue weighted by Gasteiger charge is -2.21. The van der Waals surface area contributed by atoms with Gasteiger partial charge < -0.3 is 11.1 Å². The number of hydrogen-bond donors (Lipinski definition) is 2. The first-order chi connectivity index (χ1) is 7.79. The lowest BCUT2D eigenvalue weighted by molar-refractivity contribution is -0.121. The minimum atomic E-state index is 0.219. The van der Waals surface area contributed by atoms with E-state index in [1.165, 1.54) is 25.7 Å². The molecule has 0 heterocycles. The highest BCUT2D eigenvalue weighted by Crippen LogP contribution is 2.47. The smallest absolute Gasteiger partial charge is 0.220 e. The molecule has 1 amide bonds. The summed E-state index contributed by atoms with van der Waals surface area (Å²) in [7, 11) is 0. The maximum atomic E-state index is 11.5. The molecule has 2 bridgehead atoms. The number of nitrogens with two attached hydrogens (primary N) is 1. The molecular formula is C13H24N2O. The molecule has 2 aliphatic rings. The molecule has 16 heavy (non-hydrogen) atoms. The van der Waals surface area contributed by atoms with Gasteiger partial charge in [-0.25, -0.2) is 0 Å². The van der Waals surface area contributed by atoms with Crippen LogP contribution in [0.2, 0.25) is 0 Å². The molecule has 3 N–H and O–H groups in total. The van der Waals surface area contributed by atoms with Crippen molar-refractivity contribution in [2.24, 2.45) is 23.5 Å². The molecule has 0 spiro atoms. The van der Waals surface area contributed by atoms with Crippen molar-refractivity contribution >= 4 is 5.91 Å². The number of amides is 1. The van der Waals surface area contributed by atoms with Crippen LogP contribution in [0.4, 0.5) is 0 Å². The first kappa shape index (κ1) is 11.9. The Morgan fingerprint density at radius 1 is 1.25 bits per heavy atom. The predicted molar refractivity (Wildman–Crippen MR) is 64.9 cm³/mol. The molecule has 3 unspecified atom stereocenters. The first-order valence-corrected chi connectivity index (χ1v) is 6.76. The Morgan fingerprint density at radius 3 is 2.75 bits per heavy atom. The number of hydrogen-bond acceptors (Lipinski definition) is 2. The predicted octanol–water partition coefficient (Wildman–Crippen LogP) is 1.67. The van der Waals surface area contributed by atoms with Crippen molar-refractivity contribution < 1.29 is 4.79 Å². The zero-order valence-electron chi connectivity index (χ0n) is 10.1. The van der Waals surface area contributed by atoms with Crippen LogP contribution in [0.15, 0.2) is 0 Å². The molecule has 92 valence electrons. The summed E-state index contributed by atoms with van der Waals surface area (Å²) in [6, 6.07) is 0. The highest BCUT2D eigenvalue weighted by molar-refractivity contribution is 5.75. The Balaban J connectivity index is 1.59. The Hall–Kier alpha value is -0.570. The normalized spacial score (nSPS) is 31.9. The van der Waals surface area contributed by atoms with Crippen LogP contribution in [0.25, 0.3) is 0 Å². The minimum absolute atomic E-state index is 0.219. The van der Waals surface area contributed by atoms with Crippen LogP contribution in [0.1, 0.15) is 44.9 Å². The number of unbranched alkanes of at least 4 members (excludes halogenated alkanes) is 1. The fourth-order valence-electron chi connectivity index (χ4n) is 3.39. The van der Waals surface area contributed by atoms with E-state index < -0.39 is 0 Å². The van der Waals surface area contributed by atoms with Crippen molar-refractivity contribution in [1.82, 2.24) is 5.32 Å². The summed E-state index contributed by atoms with van der Waals surface area (Å²) >= 11 is 0. The molecule has 0 aliphatic heterocycles. The molecule has 0 saturated heterocycles. The maximum absolute atomic E-state index is 11.5. The van der Waals surface area contributed by atoms with Crippen molar-refractivity contribution in [3.63, 3.8) is 0 Å². The van der Waals surface area contributed by atoms with Gasteiger partial charge in [0.2, 0.25) is 5.91 Å². The van der Waals surface area contributed by atoms with Crippen molar-refractivity contribution in [3.8, 4) is 0 Å². The molecule has 3 nitrogen and oxygen atoms in total. The average molecular weight is 224 g/mol. The van der Waals surface area contributed by atoms with Gasteiger partial charge in [0.25, 0.3) is 0 Å². The summed E-state index contributed by atoms with van der Waals surface area (Å²) in [5.41, 5.74) is 5.40. The molecule has 3 heteroatoms. The van der Waals surface area contributed by atoms with Gasteiger partial charge in [-0.15, -0.1) is 0 Å². The molecule has 2 rings (SSSR count). The van der Waals surface area contributed by atoms with E-state index in [-0.39, 0.29) is 5.91 Å². The lowest BCUT2D eigenvalue weighted by atomic mass is 9.89. The number of rotatable bonds is 6. The summed E-state index contributed by atoms with van der Waals surface area (Å²) in [5, 5.41) is 3.09. The van der Waals surface area contributed by atoms with Crippen LogP contribution < -0.4 is 11.1 Å². The highest BCUT2D eigenvalue weighted by atomic mass is 16.1. The van der Waals surface area contributed by atoms with Crippen LogP contribution in [0, 0.1) is 17.8 Å². The van der Waals surface area contributed by atoms with Gasteiger partial charge in [0.1, 0.15) is 0 Å². The van der Waals surface area contributed by atoms with Gasteiger partial charge in [0.15, 0.2) is 0 Å². The van der Waals surface area contributed by atoms with E-state index >= 15 is 0 Å². The second-order valence-electron chi connectivity index (χ2n) is 5.48. The summed E-state index contributed by atoms with van der Waals surface area (Å²) < 4.78 is 0. The third kappa shape index (κ3) is 2.97. The molecule has 0 aromatic rings. The van der Waals surface area contributed by atoms with Crippen LogP contribution >= 0.6 is 0 Å². The molecule has 2 fully saturated rings. The van der Waals surface area contributed by atoms with Crippen molar-refractivity contribution in [2.45, 2.75) is 44.9 Å². The Kier molecular flexibility index (Phi) is 4.22. The van der Waals surface area contributed by atoms with E-state index in [0.717, 1.165) is 37.1 Å². The monoisotopic (exact) mass is 224 g/mol. The number of fused-ring (bicyclic) bond motifs is 2. The lowest BCUT2D eigenvalue weighted by Crippen LogP contribution is -2.31. The quantitative estimate of drug-likeness (QED) is 0.674. The van der Waals surface area contributed by atoms with Crippen molar-refractivity contribution in [2.75, 3.05) is 13.1 Å². The molecule has 0 radical (unpaired) electrons. The van der Waals surface area contributed by atoms with Gasteiger partial charge in [-0.1, -0.05) is 6.42 Å². The van der Waals surface area contributed by atoms with E-state index in [9.17, 15) is 4.79 Å². The maximum Gasteiger partial charge on any atom is 0.220 e. The second-order valence-corrected chi connectivity index (χ2v) is 5.48. The number of nitrogens with one attached hydrogen (secondary N) is 1. The molecule has 0 aromatic carbocycles. The fraction of sp³-hybridized carbons (Fsp3) is 0.923. The minimum Gasteiger partial charge on any atom is -0.356 e. The molecular weight excluding hydrogens is 200 g/mol. The zero-order chi connectivity index (χ0) is 11.4. The third-order valence-corrected chi connectivity index (χ3v) is 4.30. The zero-order valence-corrected chi connectivity index (χ0v) is 10.1. The van der Waals surface area contributed by atoms with E-state index in [2.05, 4.69) is 5.32 Å². The Bertz CT molecular complexity index is 242. The summed E-state index contributed by atoms with van der Waals surface area (Å²) in [6.07, 6.45) is 8.16. The molecule has 2 saturated carbocycles. The number of carbonyl (C=O) groups is 1. The summed E-state index contributed by atoms with van der Waals surface area (Å²) in [6.45, 7) is 1.61. The van der Waals surface area contributed by atoms with E-state index in [1.807, 2.05) is 0 Å². The average Bonchev–Trinajstić information content (AvgIpc) is 2.88. The topological polar surface area (TPSA) is 55.1 Å². The van der Waals surface area contributed by atoms with E-state index in [4.69, 9.17) is 5.73 Å². The van der Waals surface area contributed by atoms with Gasteiger partial charge in [0, 0.05) is 13.0 Å². The Labute approximate surface area is 98.2 Å². The molecule has 0 aromatic heterocycles. The van der Waals surface area contributed by atoms with Gasteiger partial charge >= 0.3 is 0 Å². The van der Waals surface area contributed by atoms with Gasteiger partial charge in [-0.2, -0.15) is 0 Å². The standard InChI is InChI=1S/C13H24N2O/c14-6-2-1-3-13(16)15-9-12-8-10-4-5-11(12)7-10/h10-12H,1-9,14H2,(H,15,16). The van der Waals surface area contributed by atoms with Crippen molar-refractivity contribution in [1.29, 1.82) is 0 Å². The van der Waals surface area contributed by atoms with Crippen molar-refractivity contribution in [3.05, 3.63) is 0 Å². The van der Waals surface area contributed by atoms with Crippen LogP contribution in [-0.4, -0.2) is 19.0 Å². The largest absolute Gasteiger partial charge is 0.356 e. The second kappa shape index (κ2) is 5.67. The first-order valence-electron chi connectivity index (χ1n) is 6.76. The van der Waals surface area contributed by atoms with Crippen LogP contribution in [0.3, 0.4) is 0 Å². The Morgan fingerprint density at radius 2 is 2.12 bits per heavy atom. The van der Waals surface area contributed by atoms with E-state index in [0.29, 0.717) is 13.0 Å². The van der Waals surface area contributed by atoms with Gasteiger partial charge in [0.05, 0.1) is 0 Å². The molecule has 3 atom stereocenters. The SMILES string of the molecule is NCCCCC(=O)NCC1CC2CCC1C2. The van der Waals surface area contributed by atoms with Crippen LogP contribution in [-0.2, 0) is 4.79 Å². The van der Waals surface area contributed by atoms with Gasteiger partial charge in [-0.3, -0.25) is 4.79 Å². The summed E-state index contributed by atoms with van der Waals surface area (Å²) in [5.74, 6) is 2.88. The third-order valence-electron chi connectivity index (χ3n) is 4.30. The number of carbonyl (C=O) groups excluding carboxylic acids is 1. The van der Waals surface area contributed by atoms with E-state index in [1.54, 1.807) is 0 Å². The highest BCUT2D eigenvalue weighted by Gasteiger charge is 2.39. The molecule has 2 aliphatic carbocycles. The summed E-state index contributed by atoms with van der Waals surface area (Å²) in [4.78, 5) is 11.5.